The fraction of sp³-hybridized carbons (Fsp3) is 0.0317. The molecule has 3 heterocycles. The van der Waals surface area contributed by atoms with Gasteiger partial charge in [-0.25, -0.2) is 24.9 Å². The number of hydrogen-bond acceptors (Lipinski definition) is 6. The van der Waals surface area contributed by atoms with Crippen LogP contribution in [-0.4, -0.2) is 24.9 Å². The van der Waals surface area contributed by atoms with Crippen molar-refractivity contribution in [3.05, 3.63) is 258 Å². The van der Waals surface area contributed by atoms with Gasteiger partial charge in [-0.1, -0.05) is 200 Å². The van der Waals surface area contributed by atoms with Crippen molar-refractivity contribution in [2.75, 3.05) is 0 Å². The van der Waals surface area contributed by atoms with Crippen LogP contribution in [0.2, 0.25) is 0 Å². The molecule has 2 atom stereocenters. The number of nitrogens with zero attached hydrogens (tertiary/aromatic N) is 5. The summed E-state index contributed by atoms with van der Waals surface area (Å²) in [5.41, 5.74) is 18.1. The molecule has 3 aromatic heterocycles. The lowest BCUT2D eigenvalue weighted by atomic mass is 9.60. The lowest BCUT2D eigenvalue weighted by molar-refractivity contribution is 0.754. The molecular formula is C63H39N5S. The lowest BCUT2D eigenvalue weighted by Gasteiger charge is -2.42. The fourth-order valence-electron chi connectivity index (χ4n) is 10.7. The molecule has 0 radical (unpaired) electrons. The molecular weight excluding hydrogens is 859 g/mol. The average Bonchev–Trinajstić information content (AvgIpc) is 3.82. The Morgan fingerprint density at radius 2 is 0.710 bits per heavy atom. The number of thiophene rings is 1. The minimum atomic E-state index is 0.0481. The van der Waals surface area contributed by atoms with Gasteiger partial charge in [0.1, 0.15) is 0 Å². The third-order valence-electron chi connectivity index (χ3n) is 13.9. The van der Waals surface area contributed by atoms with Crippen LogP contribution in [-0.2, 0) is 0 Å². The van der Waals surface area contributed by atoms with Gasteiger partial charge in [0, 0.05) is 65.4 Å². The zero-order valence-corrected chi connectivity index (χ0v) is 38.0. The van der Waals surface area contributed by atoms with Crippen LogP contribution in [0.3, 0.4) is 0 Å². The highest BCUT2D eigenvalue weighted by molar-refractivity contribution is 7.26. The van der Waals surface area contributed by atoms with Gasteiger partial charge in [0.2, 0.25) is 0 Å². The standard InChI is InChI=1S/C63H39N5S/c1-4-15-40(16-5-1)60-64-54(39-29-27-38(28-30-39)45-24-14-25-51-46-21-12-13-26-56(46)69-59(45)51)37-55(65-60)43-31-33-49-52(35-43)57-47-22-10-11-23-48(47)58(49)53-36-44(32-34-50(53)57)63-67-61(41-17-6-2-7-18-41)66-62(68-63)42-19-8-3-9-20-42/h1-37,57-58H. The molecule has 0 amide bonds. The van der Waals surface area contributed by atoms with Crippen molar-refractivity contribution in [1.82, 2.24) is 24.9 Å². The Labute approximate surface area is 403 Å². The highest BCUT2D eigenvalue weighted by Gasteiger charge is 2.41. The van der Waals surface area contributed by atoms with Crippen LogP contribution in [0.5, 0.6) is 0 Å². The van der Waals surface area contributed by atoms with Gasteiger partial charge < -0.3 is 0 Å². The van der Waals surface area contributed by atoms with E-state index in [0.29, 0.717) is 23.3 Å². The normalized spacial score (nSPS) is 14.4. The number of hydrogen-bond donors (Lipinski definition) is 0. The molecule has 0 spiro atoms. The summed E-state index contributed by atoms with van der Waals surface area (Å²) < 4.78 is 2.62. The topological polar surface area (TPSA) is 64.5 Å². The fourth-order valence-corrected chi connectivity index (χ4v) is 11.9. The average molecular weight is 898 g/mol. The summed E-state index contributed by atoms with van der Waals surface area (Å²) in [4.78, 5) is 25.7. The second-order valence-corrected chi connectivity index (χ2v) is 19.0. The van der Waals surface area contributed by atoms with Crippen LogP contribution >= 0.6 is 11.3 Å². The van der Waals surface area contributed by atoms with E-state index in [0.717, 1.165) is 44.8 Å². The number of benzene rings is 9. The molecule has 0 saturated heterocycles. The molecule has 3 aliphatic carbocycles. The summed E-state index contributed by atoms with van der Waals surface area (Å²) in [6.45, 7) is 0. The molecule has 5 nitrogen and oxygen atoms in total. The minimum Gasteiger partial charge on any atom is -0.228 e. The van der Waals surface area contributed by atoms with Gasteiger partial charge in [0.15, 0.2) is 23.3 Å². The van der Waals surface area contributed by atoms with Gasteiger partial charge in [-0.3, -0.25) is 0 Å². The van der Waals surface area contributed by atoms with Crippen molar-refractivity contribution in [1.29, 1.82) is 0 Å². The Bertz CT molecular complexity index is 3900. The van der Waals surface area contributed by atoms with Gasteiger partial charge >= 0.3 is 0 Å². The zero-order chi connectivity index (χ0) is 45.4. The SMILES string of the molecule is c1ccc(-c2nc(-c3ccc(-c4cccc5c4sc4ccccc45)cc3)cc(-c3ccc4c(c3)C3c5ccccc5C4c4cc(-c5nc(-c6ccccc6)nc(-c6ccccc6)n5)ccc43)n2)cc1. The van der Waals surface area contributed by atoms with Crippen LogP contribution in [0.4, 0.5) is 0 Å². The van der Waals surface area contributed by atoms with Crippen molar-refractivity contribution >= 4 is 31.5 Å². The first-order chi connectivity index (χ1) is 34.2. The van der Waals surface area contributed by atoms with Crippen LogP contribution in [0.1, 0.15) is 45.2 Å². The second kappa shape index (κ2) is 16.0. The predicted octanol–water partition coefficient (Wildman–Crippen LogP) is 15.7. The van der Waals surface area contributed by atoms with E-state index in [1.54, 1.807) is 0 Å². The maximum Gasteiger partial charge on any atom is 0.164 e. The summed E-state index contributed by atoms with van der Waals surface area (Å²) in [5, 5.41) is 2.61. The molecule has 0 fully saturated rings. The van der Waals surface area contributed by atoms with Crippen LogP contribution in [0.25, 0.3) is 99.4 Å². The van der Waals surface area contributed by atoms with E-state index in [9.17, 15) is 0 Å². The number of aromatic nitrogens is 5. The van der Waals surface area contributed by atoms with E-state index in [4.69, 9.17) is 24.9 Å². The van der Waals surface area contributed by atoms with Crippen molar-refractivity contribution in [3.63, 3.8) is 0 Å². The zero-order valence-electron chi connectivity index (χ0n) is 37.2. The Morgan fingerprint density at radius 1 is 0.275 bits per heavy atom. The molecule has 15 rings (SSSR count). The van der Waals surface area contributed by atoms with Gasteiger partial charge in [-0.05, 0) is 68.8 Å². The van der Waals surface area contributed by atoms with E-state index in [1.165, 1.54) is 64.7 Å². The molecule has 322 valence electrons. The molecule has 3 aliphatic rings. The molecule has 2 bridgehead atoms. The highest BCUT2D eigenvalue weighted by Crippen LogP contribution is 2.57. The summed E-state index contributed by atoms with van der Waals surface area (Å²) in [6, 6.07) is 79.8. The van der Waals surface area contributed by atoms with Gasteiger partial charge in [0.25, 0.3) is 0 Å². The molecule has 6 heteroatoms. The lowest BCUT2D eigenvalue weighted by Crippen LogP contribution is -2.27. The van der Waals surface area contributed by atoms with Gasteiger partial charge in [-0.15, -0.1) is 11.3 Å². The predicted molar refractivity (Wildman–Crippen MR) is 281 cm³/mol. The van der Waals surface area contributed by atoms with Crippen molar-refractivity contribution < 1.29 is 0 Å². The third-order valence-corrected chi connectivity index (χ3v) is 15.2. The molecule has 0 N–H and O–H groups in total. The molecule has 0 aliphatic heterocycles. The van der Waals surface area contributed by atoms with E-state index in [-0.39, 0.29) is 11.8 Å². The monoisotopic (exact) mass is 897 g/mol. The quantitative estimate of drug-likeness (QED) is 0.159. The second-order valence-electron chi connectivity index (χ2n) is 17.9. The molecule has 0 saturated carbocycles. The Morgan fingerprint density at radius 3 is 1.32 bits per heavy atom. The number of rotatable bonds is 7. The molecule has 9 aromatic carbocycles. The third kappa shape index (κ3) is 6.63. The molecule has 2 unspecified atom stereocenters. The molecule has 69 heavy (non-hydrogen) atoms. The van der Waals surface area contributed by atoms with E-state index in [1.807, 2.05) is 53.8 Å². The maximum atomic E-state index is 5.29. The molecule has 12 aromatic rings. The first kappa shape index (κ1) is 39.5. The largest absolute Gasteiger partial charge is 0.228 e. The summed E-state index contributed by atoms with van der Waals surface area (Å²) in [7, 11) is 0. The van der Waals surface area contributed by atoms with Crippen LogP contribution in [0.15, 0.2) is 224 Å². The van der Waals surface area contributed by atoms with E-state index < -0.39 is 0 Å². The Kier molecular flexibility index (Phi) is 9.14. The summed E-state index contributed by atoms with van der Waals surface area (Å²) in [5.74, 6) is 2.77. The van der Waals surface area contributed by atoms with Crippen molar-refractivity contribution in [2.24, 2.45) is 0 Å². The van der Waals surface area contributed by atoms with Crippen LogP contribution < -0.4 is 0 Å². The van der Waals surface area contributed by atoms with Gasteiger partial charge in [0.05, 0.1) is 11.4 Å². The van der Waals surface area contributed by atoms with Crippen molar-refractivity contribution in [2.45, 2.75) is 11.8 Å². The summed E-state index contributed by atoms with van der Waals surface area (Å²) >= 11 is 1.86. The minimum absolute atomic E-state index is 0.0481. The highest BCUT2D eigenvalue weighted by atomic mass is 32.1. The first-order valence-corrected chi connectivity index (χ1v) is 24.2. The number of fused-ring (bicyclic) bond motifs is 3. The Hall–Kier alpha value is -8.71. The Balaban J connectivity index is 0.863. The van der Waals surface area contributed by atoms with E-state index >= 15 is 0 Å². The van der Waals surface area contributed by atoms with Crippen LogP contribution in [0, 0.1) is 0 Å². The first-order valence-electron chi connectivity index (χ1n) is 23.4. The van der Waals surface area contributed by atoms with Crippen molar-refractivity contribution in [3.8, 4) is 79.2 Å². The maximum absolute atomic E-state index is 5.29. The summed E-state index contributed by atoms with van der Waals surface area (Å²) in [6.07, 6.45) is 0. The smallest absolute Gasteiger partial charge is 0.164 e. The van der Waals surface area contributed by atoms with E-state index in [2.05, 4.69) is 182 Å². The van der Waals surface area contributed by atoms with Gasteiger partial charge in [-0.2, -0.15) is 0 Å².